The number of thioether (sulfide) groups is 1. The number of ketones is 1. The molecule has 0 bridgehead atoms. The average Bonchev–Trinajstić information content (AvgIpc) is 2.56. The van der Waals surface area contributed by atoms with E-state index in [2.05, 4.69) is 13.8 Å². The molecule has 126 valence electrons. The molecule has 0 N–H and O–H groups in total. The number of hydrogen-bond donors (Lipinski definition) is 0. The van der Waals surface area contributed by atoms with E-state index in [9.17, 15) is 14.7 Å². The van der Waals surface area contributed by atoms with Crippen molar-refractivity contribution < 1.29 is 14.7 Å². The second kappa shape index (κ2) is 8.36. The van der Waals surface area contributed by atoms with E-state index < -0.39 is 11.2 Å². The first-order chi connectivity index (χ1) is 11.4. The van der Waals surface area contributed by atoms with E-state index >= 15 is 0 Å². The maximum atomic E-state index is 12.4. The zero-order valence-corrected chi connectivity index (χ0v) is 15.1. The summed E-state index contributed by atoms with van der Waals surface area (Å²) >= 11 is 6.91. The second-order valence-corrected chi connectivity index (χ2v) is 7.50. The molecule has 0 radical (unpaired) electrons. The maximum absolute atomic E-state index is 12.4. The lowest BCUT2D eigenvalue weighted by Crippen LogP contribution is -2.35. The molecule has 0 aliphatic heterocycles. The predicted octanol–water partition coefficient (Wildman–Crippen LogP) is 3.95. The van der Waals surface area contributed by atoms with Crippen LogP contribution in [0.3, 0.4) is 0 Å². The number of aliphatic carboxylic acids is 1. The van der Waals surface area contributed by atoms with Gasteiger partial charge >= 0.3 is 0 Å². The van der Waals surface area contributed by atoms with Crippen molar-refractivity contribution >= 4 is 35.1 Å². The molecule has 0 saturated carbocycles. The van der Waals surface area contributed by atoms with Crippen LogP contribution in [0.25, 0.3) is 0 Å². The Morgan fingerprint density at radius 3 is 2.12 bits per heavy atom. The largest absolute Gasteiger partial charge is 0.549 e. The zero-order valence-electron chi connectivity index (χ0n) is 13.5. The van der Waals surface area contributed by atoms with Crippen molar-refractivity contribution in [2.75, 3.05) is 0 Å². The second-order valence-electron chi connectivity index (χ2n) is 5.78. The molecular weight excluding hydrogens is 344 g/mol. The Hall–Kier alpha value is -1.78. The van der Waals surface area contributed by atoms with Gasteiger partial charge in [0.15, 0.2) is 5.78 Å². The number of rotatable bonds is 7. The molecule has 24 heavy (non-hydrogen) atoms. The summed E-state index contributed by atoms with van der Waals surface area (Å²) in [6.07, 6.45) is -0.114. The highest BCUT2D eigenvalue weighted by Crippen LogP contribution is 2.27. The van der Waals surface area contributed by atoms with Crippen LogP contribution in [0.1, 0.15) is 42.1 Å². The quantitative estimate of drug-likeness (QED) is 0.553. The number of benzene rings is 2. The number of hydrogen-bond acceptors (Lipinski definition) is 4. The SMILES string of the molecule is CC(C)c1ccc(C(=O)C[C@H](Sc2ccc(Cl)cc2)C(=O)[O-])cc1. The van der Waals surface area contributed by atoms with E-state index in [0.29, 0.717) is 16.5 Å². The molecule has 0 aliphatic carbocycles. The van der Waals surface area contributed by atoms with Crippen LogP contribution in [0, 0.1) is 0 Å². The molecular formula is C19H18ClO3S-. The van der Waals surface area contributed by atoms with Gasteiger partial charge in [-0.05, 0) is 35.7 Å². The van der Waals surface area contributed by atoms with Crippen molar-refractivity contribution in [3.8, 4) is 0 Å². The fraction of sp³-hybridized carbons (Fsp3) is 0.263. The minimum Gasteiger partial charge on any atom is -0.549 e. The summed E-state index contributed by atoms with van der Waals surface area (Å²) < 4.78 is 0. The molecule has 5 heteroatoms. The molecule has 3 nitrogen and oxygen atoms in total. The van der Waals surface area contributed by atoms with Gasteiger partial charge in [0.05, 0.1) is 11.2 Å². The van der Waals surface area contributed by atoms with Gasteiger partial charge in [-0.3, -0.25) is 4.79 Å². The van der Waals surface area contributed by atoms with E-state index in [1.54, 1.807) is 36.4 Å². The van der Waals surface area contributed by atoms with Crippen LogP contribution in [0.2, 0.25) is 5.02 Å². The molecule has 0 aliphatic rings. The van der Waals surface area contributed by atoms with Crippen LogP contribution in [0.4, 0.5) is 0 Å². The average molecular weight is 362 g/mol. The summed E-state index contributed by atoms with van der Waals surface area (Å²) in [4.78, 5) is 24.5. The number of Topliss-reactive ketones (excluding diaryl/α,β-unsaturated/α-hetero) is 1. The van der Waals surface area contributed by atoms with E-state index in [1.165, 1.54) is 0 Å². The Kier molecular flexibility index (Phi) is 6.46. The van der Waals surface area contributed by atoms with E-state index in [4.69, 9.17) is 11.6 Å². The summed E-state index contributed by atoms with van der Waals surface area (Å²) in [7, 11) is 0. The molecule has 0 aromatic heterocycles. The van der Waals surface area contributed by atoms with Crippen molar-refractivity contribution in [2.24, 2.45) is 0 Å². The molecule has 0 saturated heterocycles. The van der Waals surface area contributed by atoms with Crippen LogP contribution in [-0.2, 0) is 4.79 Å². The van der Waals surface area contributed by atoms with Gasteiger partial charge in [0.25, 0.3) is 0 Å². The van der Waals surface area contributed by atoms with Crippen LogP contribution in [-0.4, -0.2) is 17.0 Å². The molecule has 0 fully saturated rings. The van der Waals surface area contributed by atoms with Crippen molar-refractivity contribution in [1.29, 1.82) is 0 Å². The summed E-state index contributed by atoms with van der Waals surface area (Å²) in [5.74, 6) is -1.08. The number of halogens is 1. The standard InChI is InChI=1S/C19H19ClO3S/c1-12(2)13-3-5-14(6-4-13)17(21)11-18(19(22)23)24-16-9-7-15(20)8-10-16/h3-10,12,18H,11H2,1-2H3,(H,22,23)/p-1/t18-/m0/s1. The van der Waals surface area contributed by atoms with Gasteiger partial charge in [0.1, 0.15) is 0 Å². The van der Waals surface area contributed by atoms with Gasteiger partial charge in [-0.1, -0.05) is 49.7 Å². The van der Waals surface area contributed by atoms with E-state index in [0.717, 1.165) is 22.2 Å². The first-order valence-corrected chi connectivity index (χ1v) is 8.89. The van der Waals surface area contributed by atoms with Crippen LogP contribution >= 0.6 is 23.4 Å². The molecule has 0 amide bonds. The van der Waals surface area contributed by atoms with Crippen molar-refractivity contribution in [1.82, 2.24) is 0 Å². The molecule has 2 aromatic carbocycles. The van der Waals surface area contributed by atoms with Crippen LogP contribution in [0.5, 0.6) is 0 Å². The Morgan fingerprint density at radius 2 is 1.62 bits per heavy atom. The summed E-state index contributed by atoms with van der Waals surface area (Å²) in [5.41, 5.74) is 1.65. The smallest absolute Gasteiger partial charge is 0.164 e. The Labute approximate surface area is 151 Å². The molecule has 2 rings (SSSR count). The number of carboxylic acid groups (broad SMARTS) is 1. The van der Waals surface area contributed by atoms with Crippen molar-refractivity contribution in [2.45, 2.75) is 36.3 Å². The lowest BCUT2D eigenvalue weighted by atomic mass is 9.99. The normalized spacial score (nSPS) is 12.2. The zero-order chi connectivity index (χ0) is 17.7. The van der Waals surface area contributed by atoms with Gasteiger partial charge in [0, 0.05) is 21.9 Å². The monoisotopic (exact) mass is 361 g/mol. The Bertz CT molecular complexity index is 708. The predicted molar refractivity (Wildman–Crippen MR) is 95.6 cm³/mol. The Balaban J connectivity index is 2.07. The molecule has 1 atom stereocenters. The lowest BCUT2D eigenvalue weighted by molar-refractivity contribution is -0.304. The minimum absolute atomic E-state index is 0.114. The summed E-state index contributed by atoms with van der Waals surface area (Å²) in [5, 5.41) is 11.0. The molecule has 0 spiro atoms. The third kappa shape index (κ3) is 5.11. The fourth-order valence-electron chi connectivity index (χ4n) is 2.19. The topological polar surface area (TPSA) is 57.2 Å². The van der Waals surface area contributed by atoms with Gasteiger partial charge < -0.3 is 9.90 Å². The van der Waals surface area contributed by atoms with Gasteiger partial charge in [0.2, 0.25) is 0 Å². The van der Waals surface area contributed by atoms with Gasteiger partial charge in [-0.25, -0.2) is 0 Å². The van der Waals surface area contributed by atoms with Crippen molar-refractivity contribution in [3.63, 3.8) is 0 Å². The maximum Gasteiger partial charge on any atom is 0.164 e. The van der Waals surface area contributed by atoms with Gasteiger partial charge in [-0.2, -0.15) is 0 Å². The highest BCUT2D eigenvalue weighted by molar-refractivity contribution is 8.00. The van der Waals surface area contributed by atoms with Crippen LogP contribution < -0.4 is 5.11 Å². The first kappa shape index (κ1) is 18.6. The Morgan fingerprint density at radius 1 is 1.04 bits per heavy atom. The third-order valence-corrected chi connectivity index (χ3v) is 5.06. The van der Waals surface area contributed by atoms with Crippen molar-refractivity contribution in [3.05, 3.63) is 64.7 Å². The summed E-state index contributed by atoms with van der Waals surface area (Å²) in [6.45, 7) is 4.15. The van der Waals surface area contributed by atoms with Crippen LogP contribution in [0.15, 0.2) is 53.4 Å². The number of carboxylic acids is 1. The van der Waals surface area contributed by atoms with Gasteiger partial charge in [-0.15, -0.1) is 11.8 Å². The number of carbonyl (C=O) groups excluding carboxylic acids is 2. The highest BCUT2D eigenvalue weighted by Gasteiger charge is 2.18. The van der Waals surface area contributed by atoms with E-state index in [-0.39, 0.29) is 12.2 Å². The number of carbonyl (C=O) groups is 2. The molecule has 0 heterocycles. The summed E-state index contributed by atoms with van der Waals surface area (Å²) in [6, 6.07) is 14.1. The lowest BCUT2D eigenvalue weighted by Gasteiger charge is -2.17. The fourth-order valence-corrected chi connectivity index (χ4v) is 3.27. The van der Waals surface area contributed by atoms with E-state index in [1.807, 2.05) is 12.1 Å². The molecule has 0 unspecified atom stereocenters. The molecule has 2 aromatic rings. The third-order valence-electron chi connectivity index (χ3n) is 3.62. The first-order valence-electron chi connectivity index (χ1n) is 7.63. The highest BCUT2D eigenvalue weighted by atomic mass is 35.5. The minimum atomic E-state index is -1.25.